The van der Waals surface area contributed by atoms with Gasteiger partial charge in [0.1, 0.15) is 0 Å². The standard InChI is InChI=1S/C20H34O/c1-16-8-6-10-17(2)12-14-19(20(4,5)21)15-13-18(3)11-7-9-16/h8,11-12,19,21H,6-7,9-10,13-15H2,1-5H3/b16-8+,17-12+,18-11+/t19-/m1/s1. The minimum atomic E-state index is -0.593. The summed E-state index contributed by atoms with van der Waals surface area (Å²) in [7, 11) is 0. The Labute approximate surface area is 131 Å². The van der Waals surface area contributed by atoms with Gasteiger partial charge in [-0.05, 0) is 85.5 Å². The van der Waals surface area contributed by atoms with Crippen molar-refractivity contribution in [3.63, 3.8) is 0 Å². The minimum Gasteiger partial charge on any atom is -0.390 e. The molecule has 1 nitrogen and oxygen atoms in total. The van der Waals surface area contributed by atoms with Gasteiger partial charge in [-0.15, -0.1) is 0 Å². The highest BCUT2D eigenvalue weighted by atomic mass is 16.3. The van der Waals surface area contributed by atoms with Crippen LogP contribution in [0.4, 0.5) is 0 Å². The molecule has 1 atom stereocenters. The van der Waals surface area contributed by atoms with Crippen LogP contribution in [0.1, 0.15) is 79.6 Å². The van der Waals surface area contributed by atoms with Crippen molar-refractivity contribution < 1.29 is 5.11 Å². The Morgan fingerprint density at radius 2 is 1.33 bits per heavy atom. The summed E-state index contributed by atoms with van der Waals surface area (Å²) in [6.07, 6.45) is 14.9. The first-order valence-corrected chi connectivity index (χ1v) is 8.48. The summed E-state index contributed by atoms with van der Waals surface area (Å²) in [4.78, 5) is 0. The lowest BCUT2D eigenvalue weighted by Gasteiger charge is -2.29. The minimum absolute atomic E-state index is 0.344. The van der Waals surface area contributed by atoms with Gasteiger partial charge in [-0.3, -0.25) is 0 Å². The van der Waals surface area contributed by atoms with Crippen molar-refractivity contribution in [1.29, 1.82) is 0 Å². The second kappa shape index (κ2) is 8.58. The van der Waals surface area contributed by atoms with E-state index in [2.05, 4.69) is 39.0 Å². The van der Waals surface area contributed by atoms with Gasteiger partial charge in [-0.1, -0.05) is 34.9 Å². The molecule has 0 fully saturated rings. The lowest BCUT2D eigenvalue weighted by atomic mass is 9.83. The summed E-state index contributed by atoms with van der Waals surface area (Å²) in [6.45, 7) is 10.6. The molecule has 21 heavy (non-hydrogen) atoms. The molecule has 1 aliphatic carbocycles. The quantitative estimate of drug-likeness (QED) is 0.591. The largest absolute Gasteiger partial charge is 0.390 e. The Hall–Kier alpha value is -0.820. The first-order chi connectivity index (χ1) is 9.79. The molecule has 1 aliphatic rings. The highest BCUT2D eigenvalue weighted by Gasteiger charge is 2.25. The lowest BCUT2D eigenvalue weighted by Crippen LogP contribution is -2.30. The van der Waals surface area contributed by atoms with Crippen molar-refractivity contribution in [1.82, 2.24) is 0 Å². The summed E-state index contributed by atoms with van der Waals surface area (Å²) in [5, 5.41) is 10.4. The highest BCUT2D eigenvalue weighted by Crippen LogP contribution is 2.28. The molecule has 0 saturated heterocycles. The lowest BCUT2D eigenvalue weighted by molar-refractivity contribution is 0.0145. The topological polar surface area (TPSA) is 20.2 Å². The van der Waals surface area contributed by atoms with Gasteiger partial charge in [0.05, 0.1) is 5.60 Å². The summed E-state index contributed by atoms with van der Waals surface area (Å²) >= 11 is 0. The number of rotatable bonds is 1. The zero-order chi connectivity index (χ0) is 15.9. The predicted molar refractivity (Wildman–Crippen MR) is 93.4 cm³/mol. The van der Waals surface area contributed by atoms with Crippen molar-refractivity contribution in [3.8, 4) is 0 Å². The Bertz CT molecular complexity index is 404. The normalized spacial score (nSPS) is 31.1. The molecule has 0 aromatic rings. The highest BCUT2D eigenvalue weighted by molar-refractivity contribution is 5.07. The van der Waals surface area contributed by atoms with E-state index in [0.29, 0.717) is 5.92 Å². The van der Waals surface area contributed by atoms with Crippen LogP contribution >= 0.6 is 0 Å². The Kier molecular flexibility index (Phi) is 7.45. The summed E-state index contributed by atoms with van der Waals surface area (Å²) in [5.74, 6) is 0.344. The maximum absolute atomic E-state index is 10.4. The molecular weight excluding hydrogens is 256 g/mol. The van der Waals surface area contributed by atoms with Gasteiger partial charge >= 0.3 is 0 Å². The van der Waals surface area contributed by atoms with E-state index >= 15 is 0 Å². The monoisotopic (exact) mass is 290 g/mol. The van der Waals surface area contributed by atoms with Crippen LogP contribution in [0.2, 0.25) is 0 Å². The van der Waals surface area contributed by atoms with Crippen LogP contribution in [0.25, 0.3) is 0 Å². The fourth-order valence-electron chi connectivity index (χ4n) is 2.90. The van der Waals surface area contributed by atoms with E-state index in [-0.39, 0.29) is 0 Å². The molecule has 0 radical (unpaired) electrons. The van der Waals surface area contributed by atoms with Crippen molar-refractivity contribution in [3.05, 3.63) is 34.9 Å². The number of allylic oxidation sites excluding steroid dienone is 6. The van der Waals surface area contributed by atoms with Crippen molar-refractivity contribution in [2.45, 2.75) is 85.2 Å². The van der Waals surface area contributed by atoms with E-state index in [1.165, 1.54) is 23.1 Å². The Morgan fingerprint density at radius 1 is 0.857 bits per heavy atom. The predicted octanol–water partition coefficient (Wildman–Crippen LogP) is 5.96. The first kappa shape index (κ1) is 18.2. The van der Waals surface area contributed by atoms with Gasteiger partial charge in [-0.2, -0.15) is 0 Å². The summed E-state index contributed by atoms with van der Waals surface area (Å²) < 4.78 is 0. The van der Waals surface area contributed by atoms with Crippen LogP contribution in [0, 0.1) is 5.92 Å². The van der Waals surface area contributed by atoms with Gasteiger partial charge < -0.3 is 5.11 Å². The van der Waals surface area contributed by atoms with Crippen LogP contribution in [0.3, 0.4) is 0 Å². The molecule has 0 heterocycles. The van der Waals surface area contributed by atoms with Gasteiger partial charge in [0.2, 0.25) is 0 Å². The van der Waals surface area contributed by atoms with Crippen molar-refractivity contribution in [2.75, 3.05) is 0 Å². The fourth-order valence-corrected chi connectivity index (χ4v) is 2.90. The second-order valence-corrected chi connectivity index (χ2v) is 7.35. The Balaban J connectivity index is 2.83. The maximum atomic E-state index is 10.4. The van der Waals surface area contributed by atoms with Crippen molar-refractivity contribution >= 4 is 0 Å². The van der Waals surface area contributed by atoms with E-state index < -0.39 is 5.60 Å². The second-order valence-electron chi connectivity index (χ2n) is 7.35. The van der Waals surface area contributed by atoms with Crippen molar-refractivity contribution in [2.24, 2.45) is 5.92 Å². The molecule has 1 N–H and O–H groups in total. The molecule has 1 rings (SSSR count). The molecule has 0 amide bonds. The average Bonchev–Trinajstić information content (AvgIpc) is 2.36. The third-order valence-corrected chi connectivity index (χ3v) is 4.70. The van der Waals surface area contributed by atoms with Crippen LogP contribution < -0.4 is 0 Å². The van der Waals surface area contributed by atoms with Gasteiger partial charge in [0, 0.05) is 0 Å². The fraction of sp³-hybridized carbons (Fsp3) is 0.700. The molecule has 0 aliphatic heterocycles. The molecular formula is C20H34O. The zero-order valence-electron chi connectivity index (χ0n) is 14.7. The van der Waals surface area contributed by atoms with E-state index in [1.54, 1.807) is 0 Å². The van der Waals surface area contributed by atoms with Crippen LogP contribution in [0.5, 0.6) is 0 Å². The molecule has 0 spiro atoms. The average molecular weight is 290 g/mol. The van der Waals surface area contributed by atoms with Crippen LogP contribution in [0.15, 0.2) is 34.9 Å². The van der Waals surface area contributed by atoms with E-state index in [0.717, 1.165) is 38.5 Å². The SMILES string of the molecule is C/C1=C\CC/C(C)=C/C[C@@H](C(C)(C)O)CC/C(C)=C/CC1. The van der Waals surface area contributed by atoms with Crippen LogP contribution in [-0.2, 0) is 0 Å². The van der Waals surface area contributed by atoms with Gasteiger partial charge in [0.25, 0.3) is 0 Å². The summed E-state index contributed by atoms with van der Waals surface area (Å²) in [5.41, 5.74) is 3.84. The Morgan fingerprint density at radius 3 is 1.86 bits per heavy atom. The summed E-state index contributed by atoms with van der Waals surface area (Å²) in [6, 6.07) is 0. The third kappa shape index (κ3) is 7.66. The van der Waals surface area contributed by atoms with E-state index in [1.807, 2.05) is 13.8 Å². The van der Waals surface area contributed by atoms with E-state index in [4.69, 9.17) is 0 Å². The number of hydrogen-bond acceptors (Lipinski definition) is 1. The van der Waals surface area contributed by atoms with Crippen LogP contribution in [-0.4, -0.2) is 10.7 Å². The maximum Gasteiger partial charge on any atom is 0.0622 e. The molecule has 0 aromatic heterocycles. The molecule has 0 unspecified atom stereocenters. The smallest absolute Gasteiger partial charge is 0.0622 e. The first-order valence-electron chi connectivity index (χ1n) is 8.48. The zero-order valence-corrected chi connectivity index (χ0v) is 14.7. The number of hydrogen-bond donors (Lipinski definition) is 1. The van der Waals surface area contributed by atoms with E-state index in [9.17, 15) is 5.11 Å². The molecule has 0 aromatic carbocycles. The third-order valence-electron chi connectivity index (χ3n) is 4.70. The molecule has 120 valence electrons. The number of aliphatic hydroxyl groups is 1. The van der Waals surface area contributed by atoms with Gasteiger partial charge in [0.15, 0.2) is 0 Å². The molecule has 0 saturated carbocycles. The van der Waals surface area contributed by atoms with Gasteiger partial charge in [-0.25, -0.2) is 0 Å². The molecule has 1 heteroatoms. The molecule has 0 bridgehead atoms.